The van der Waals surface area contributed by atoms with Crippen LogP contribution in [0.5, 0.6) is 5.75 Å². The molecule has 0 aromatic heterocycles. The van der Waals surface area contributed by atoms with E-state index in [-0.39, 0.29) is 11.8 Å². The summed E-state index contributed by atoms with van der Waals surface area (Å²) in [4.78, 5) is 35.6. The smallest absolute Gasteiger partial charge is 0.338 e. The van der Waals surface area contributed by atoms with Gasteiger partial charge in [0.2, 0.25) is 5.91 Å². The van der Waals surface area contributed by atoms with Crippen molar-refractivity contribution in [1.29, 1.82) is 0 Å². The van der Waals surface area contributed by atoms with Crippen LogP contribution in [0.25, 0.3) is 17.2 Å². The zero-order valence-corrected chi connectivity index (χ0v) is 19.6. The van der Waals surface area contributed by atoms with Crippen molar-refractivity contribution in [2.24, 2.45) is 0 Å². The highest BCUT2D eigenvalue weighted by Gasteiger charge is 2.06. The summed E-state index contributed by atoms with van der Waals surface area (Å²) in [7, 11) is 0. The molecular weight excluding hydrogens is 440 g/mol. The summed E-state index contributed by atoms with van der Waals surface area (Å²) in [6, 6.07) is 21.7. The molecule has 6 heteroatoms. The Morgan fingerprint density at radius 1 is 0.714 bits per heavy atom. The minimum atomic E-state index is -0.484. The van der Waals surface area contributed by atoms with Crippen molar-refractivity contribution in [2.75, 3.05) is 10.6 Å². The summed E-state index contributed by atoms with van der Waals surface area (Å²) < 4.78 is 5.14. The number of nitrogens with one attached hydrogen (secondary N) is 2. The van der Waals surface area contributed by atoms with Crippen LogP contribution in [0.2, 0.25) is 0 Å². The van der Waals surface area contributed by atoms with Crippen molar-refractivity contribution in [3.63, 3.8) is 0 Å². The molecule has 3 aromatic carbocycles. The summed E-state index contributed by atoms with van der Waals surface area (Å²) in [5.41, 5.74) is 4.86. The monoisotopic (exact) mass is 466 g/mol. The van der Waals surface area contributed by atoms with Gasteiger partial charge in [-0.2, -0.15) is 0 Å². The Morgan fingerprint density at radius 2 is 1.23 bits per heavy atom. The molecular formula is C29H26N2O4. The highest BCUT2D eigenvalue weighted by molar-refractivity contribution is 6.03. The molecule has 6 nitrogen and oxygen atoms in total. The average Bonchev–Trinajstić information content (AvgIpc) is 2.84. The summed E-state index contributed by atoms with van der Waals surface area (Å²) >= 11 is 0. The second kappa shape index (κ2) is 11.4. The Bertz CT molecular complexity index is 1290. The summed E-state index contributed by atoms with van der Waals surface area (Å²) in [5, 5.41) is 5.59. The van der Waals surface area contributed by atoms with Gasteiger partial charge in [0.25, 0.3) is 5.91 Å². The van der Waals surface area contributed by atoms with Crippen LogP contribution in [0.15, 0.2) is 103 Å². The minimum Gasteiger partial charge on any atom is -0.423 e. The SMILES string of the molecule is C=C(C)C(=O)Nc1ccc(-c2ccc(NC(=O)/C=C/c3ccc(OC(=O)C(=C)C)cc3)cc2)cc1. The van der Waals surface area contributed by atoms with Crippen LogP contribution in [0, 0.1) is 0 Å². The minimum absolute atomic E-state index is 0.215. The molecule has 3 aromatic rings. The predicted molar refractivity (Wildman–Crippen MR) is 140 cm³/mol. The van der Waals surface area contributed by atoms with Gasteiger partial charge in [-0.1, -0.05) is 49.6 Å². The van der Waals surface area contributed by atoms with E-state index in [9.17, 15) is 14.4 Å². The number of hydrogen-bond donors (Lipinski definition) is 2. The second-order valence-corrected chi connectivity index (χ2v) is 7.95. The third-order valence-corrected chi connectivity index (χ3v) is 4.88. The Hall–Kier alpha value is -4.71. The van der Waals surface area contributed by atoms with Crippen LogP contribution in [0.4, 0.5) is 11.4 Å². The van der Waals surface area contributed by atoms with Crippen molar-refractivity contribution in [2.45, 2.75) is 13.8 Å². The van der Waals surface area contributed by atoms with E-state index in [4.69, 9.17) is 4.74 Å². The molecule has 0 atom stereocenters. The third kappa shape index (κ3) is 7.40. The van der Waals surface area contributed by atoms with Crippen LogP contribution in [-0.2, 0) is 14.4 Å². The fourth-order valence-electron chi connectivity index (χ4n) is 2.93. The predicted octanol–water partition coefficient (Wildman–Crippen LogP) is 6.00. The summed E-state index contributed by atoms with van der Waals surface area (Å²) in [6.07, 6.45) is 3.10. The van der Waals surface area contributed by atoms with E-state index in [0.717, 1.165) is 16.7 Å². The molecule has 176 valence electrons. The largest absolute Gasteiger partial charge is 0.423 e. The first kappa shape index (κ1) is 24.9. The molecule has 2 amide bonds. The van der Waals surface area contributed by atoms with Crippen molar-refractivity contribution in [3.8, 4) is 16.9 Å². The van der Waals surface area contributed by atoms with E-state index in [1.165, 1.54) is 6.08 Å². The normalized spacial score (nSPS) is 10.5. The van der Waals surface area contributed by atoms with Crippen molar-refractivity contribution >= 4 is 35.2 Å². The van der Waals surface area contributed by atoms with E-state index in [2.05, 4.69) is 23.8 Å². The lowest BCUT2D eigenvalue weighted by atomic mass is 10.0. The lowest BCUT2D eigenvalue weighted by molar-refractivity contribution is -0.130. The molecule has 0 spiro atoms. The number of rotatable bonds is 8. The van der Waals surface area contributed by atoms with Gasteiger partial charge in [-0.3, -0.25) is 9.59 Å². The van der Waals surface area contributed by atoms with Crippen LogP contribution >= 0.6 is 0 Å². The van der Waals surface area contributed by atoms with E-state index in [1.807, 2.05) is 48.5 Å². The van der Waals surface area contributed by atoms with Gasteiger partial charge < -0.3 is 15.4 Å². The number of ether oxygens (including phenoxy) is 1. The number of anilines is 2. The fraction of sp³-hybridized carbons (Fsp3) is 0.0690. The molecule has 0 saturated carbocycles. The van der Waals surface area contributed by atoms with Crippen LogP contribution in [-0.4, -0.2) is 17.8 Å². The molecule has 0 unspecified atom stereocenters. The van der Waals surface area contributed by atoms with Crippen molar-refractivity contribution in [3.05, 3.63) is 109 Å². The quantitative estimate of drug-likeness (QED) is 0.242. The van der Waals surface area contributed by atoms with Gasteiger partial charge in [0.1, 0.15) is 5.75 Å². The molecule has 0 heterocycles. The molecule has 35 heavy (non-hydrogen) atoms. The number of carbonyl (C=O) groups excluding carboxylic acids is 3. The molecule has 0 aliphatic rings. The van der Waals surface area contributed by atoms with Gasteiger partial charge >= 0.3 is 5.97 Å². The molecule has 0 saturated heterocycles. The van der Waals surface area contributed by atoms with Crippen molar-refractivity contribution in [1.82, 2.24) is 0 Å². The first-order valence-corrected chi connectivity index (χ1v) is 10.9. The number of amides is 2. The molecule has 0 aliphatic heterocycles. The molecule has 2 N–H and O–H groups in total. The number of esters is 1. The Morgan fingerprint density at radius 3 is 1.71 bits per heavy atom. The molecule has 3 rings (SSSR count). The van der Waals surface area contributed by atoms with E-state index in [0.29, 0.717) is 28.3 Å². The summed E-state index contributed by atoms with van der Waals surface area (Å²) in [6.45, 7) is 10.4. The maximum absolute atomic E-state index is 12.3. The van der Waals surface area contributed by atoms with Gasteiger partial charge in [-0.25, -0.2) is 4.79 Å². The fourth-order valence-corrected chi connectivity index (χ4v) is 2.93. The molecule has 0 radical (unpaired) electrons. The van der Waals surface area contributed by atoms with E-state index >= 15 is 0 Å². The Balaban J connectivity index is 1.55. The van der Waals surface area contributed by atoms with Crippen LogP contribution in [0.3, 0.4) is 0 Å². The maximum atomic E-state index is 12.3. The maximum Gasteiger partial charge on any atom is 0.338 e. The van der Waals surface area contributed by atoms with Gasteiger partial charge in [-0.15, -0.1) is 0 Å². The number of benzene rings is 3. The van der Waals surface area contributed by atoms with Crippen molar-refractivity contribution < 1.29 is 19.1 Å². The zero-order chi connectivity index (χ0) is 25.4. The first-order chi connectivity index (χ1) is 16.7. The van der Waals surface area contributed by atoms with Gasteiger partial charge in [0.15, 0.2) is 0 Å². The van der Waals surface area contributed by atoms with Crippen LogP contribution < -0.4 is 15.4 Å². The van der Waals surface area contributed by atoms with Crippen LogP contribution in [0.1, 0.15) is 19.4 Å². The highest BCUT2D eigenvalue weighted by Crippen LogP contribution is 2.23. The average molecular weight is 467 g/mol. The number of carbonyl (C=O) groups is 3. The third-order valence-electron chi connectivity index (χ3n) is 4.88. The standard InChI is InChI=1S/C29H26N2O4/c1-19(2)28(33)31-25-14-10-23(11-15-25)22-8-12-24(13-9-22)30-27(32)18-7-21-5-16-26(17-6-21)35-29(34)20(3)4/h5-18H,1,3H2,2,4H3,(H,30,32)(H,31,33)/b18-7+. The van der Waals surface area contributed by atoms with Gasteiger partial charge in [-0.05, 0) is 73.0 Å². The summed E-state index contributed by atoms with van der Waals surface area (Å²) in [5.74, 6) is -0.560. The number of hydrogen-bond acceptors (Lipinski definition) is 4. The first-order valence-electron chi connectivity index (χ1n) is 10.9. The Kier molecular flexibility index (Phi) is 8.14. The molecule has 0 bridgehead atoms. The lowest BCUT2D eigenvalue weighted by Crippen LogP contribution is -2.11. The Labute approximate surface area is 204 Å². The molecule has 0 aliphatic carbocycles. The second-order valence-electron chi connectivity index (χ2n) is 7.95. The van der Waals surface area contributed by atoms with E-state index in [1.54, 1.807) is 44.2 Å². The van der Waals surface area contributed by atoms with Gasteiger partial charge in [0, 0.05) is 28.6 Å². The van der Waals surface area contributed by atoms with E-state index < -0.39 is 5.97 Å². The lowest BCUT2D eigenvalue weighted by Gasteiger charge is -2.08. The zero-order valence-electron chi connectivity index (χ0n) is 19.6. The molecule has 0 fully saturated rings. The highest BCUT2D eigenvalue weighted by atomic mass is 16.5. The van der Waals surface area contributed by atoms with Gasteiger partial charge in [0.05, 0.1) is 0 Å². The topological polar surface area (TPSA) is 84.5 Å².